The Balaban J connectivity index is 1.83. The summed E-state index contributed by atoms with van der Waals surface area (Å²) < 4.78 is 5.37. The summed E-state index contributed by atoms with van der Waals surface area (Å²) in [5.74, 6) is 0.702. The summed E-state index contributed by atoms with van der Waals surface area (Å²) in [4.78, 5) is 4.63. The van der Waals surface area contributed by atoms with Crippen molar-refractivity contribution >= 4 is 11.3 Å². The second kappa shape index (κ2) is 5.58. The maximum atomic E-state index is 5.37. The number of aromatic nitrogens is 1. The van der Waals surface area contributed by atoms with Gasteiger partial charge in [0.2, 0.25) is 0 Å². The number of likely N-dealkylation sites (N-methyl/N-ethyl adjacent to an activating group) is 1. The summed E-state index contributed by atoms with van der Waals surface area (Å²) in [6, 6.07) is 0. The quantitative estimate of drug-likeness (QED) is 0.826. The second-order valence-corrected chi connectivity index (χ2v) is 4.96. The summed E-state index contributed by atoms with van der Waals surface area (Å²) in [5.41, 5.74) is 1.23. The first kappa shape index (κ1) is 11.0. The molecular weight excluding hydrogens is 208 g/mol. The topological polar surface area (TPSA) is 34.1 Å². The molecule has 1 N–H and O–H groups in total. The van der Waals surface area contributed by atoms with E-state index in [1.54, 1.807) is 11.3 Å². The lowest BCUT2D eigenvalue weighted by molar-refractivity contribution is 0.186. The molecule has 0 amide bonds. The second-order valence-electron chi connectivity index (χ2n) is 4.02. The van der Waals surface area contributed by atoms with Gasteiger partial charge in [-0.05, 0) is 19.4 Å². The average molecular weight is 226 g/mol. The first-order chi connectivity index (χ1) is 7.38. The number of nitrogens with one attached hydrogen (secondary N) is 1. The van der Waals surface area contributed by atoms with Crippen LogP contribution in [0.15, 0.2) is 5.38 Å². The van der Waals surface area contributed by atoms with Gasteiger partial charge in [0.15, 0.2) is 0 Å². The van der Waals surface area contributed by atoms with Gasteiger partial charge in [-0.25, -0.2) is 4.98 Å². The average Bonchev–Trinajstić information content (AvgIpc) is 2.87. The van der Waals surface area contributed by atoms with Gasteiger partial charge < -0.3 is 10.1 Å². The van der Waals surface area contributed by atoms with Crippen molar-refractivity contribution in [3.63, 3.8) is 0 Å². The molecule has 0 aliphatic carbocycles. The predicted molar refractivity (Wildman–Crippen MR) is 62.4 cm³/mol. The Morgan fingerprint density at radius 1 is 1.67 bits per heavy atom. The van der Waals surface area contributed by atoms with Crippen LogP contribution >= 0.6 is 11.3 Å². The van der Waals surface area contributed by atoms with Crippen LogP contribution in [0.4, 0.5) is 0 Å². The van der Waals surface area contributed by atoms with E-state index >= 15 is 0 Å². The van der Waals surface area contributed by atoms with Crippen molar-refractivity contribution in [2.45, 2.75) is 19.3 Å². The number of ether oxygens (including phenoxy) is 1. The summed E-state index contributed by atoms with van der Waals surface area (Å²) in [5, 5.41) is 6.60. The van der Waals surface area contributed by atoms with Gasteiger partial charge in [0.1, 0.15) is 0 Å². The van der Waals surface area contributed by atoms with Gasteiger partial charge in [-0.2, -0.15) is 0 Å². The van der Waals surface area contributed by atoms with Crippen molar-refractivity contribution in [3.8, 4) is 0 Å². The minimum atomic E-state index is 0.702. The molecule has 1 aliphatic rings. The van der Waals surface area contributed by atoms with E-state index in [9.17, 15) is 0 Å². The third kappa shape index (κ3) is 3.26. The van der Waals surface area contributed by atoms with E-state index in [4.69, 9.17) is 4.74 Å². The van der Waals surface area contributed by atoms with E-state index in [0.717, 1.165) is 32.6 Å². The SMILES string of the molecule is CNCCc1csc(CC2CCOC2)n1. The molecule has 84 valence electrons. The van der Waals surface area contributed by atoms with Crippen molar-refractivity contribution in [2.75, 3.05) is 26.8 Å². The fourth-order valence-corrected chi connectivity index (χ4v) is 2.75. The normalized spacial score (nSPS) is 21.0. The molecule has 3 nitrogen and oxygen atoms in total. The summed E-state index contributed by atoms with van der Waals surface area (Å²) >= 11 is 1.79. The summed E-state index contributed by atoms with van der Waals surface area (Å²) in [7, 11) is 1.98. The molecule has 1 atom stereocenters. The number of nitrogens with zero attached hydrogens (tertiary/aromatic N) is 1. The smallest absolute Gasteiger partial charge is 0.0931 e. The van der Waals surface area contributed by atoms with Crippen LogP contribution in [0.2, 0.25) is 0 Å². The summed E-state index contributed by atoms with van der Waals surface area (Å²) in [6.07, 6.45) is 3.34. The van der Waals surface area contributed by atoms with Gasteiger partial charge >= 0.3 is 0 Å². The zero-order valence-corrected chi connectivity index (χ0v) is 9.98. The maximum absolute atomic E-state index is 5.37. The van der Waals surface area contributed by atoms with Gasteiger partial charge in [-0.3, -0.25) is 0 Å². The van der Waals surface area contributed by atoms with Crippen LogP contribution in [0.25, 0.3) is 0 Å². The molecule has 4 heteroatoms. The first-order valence-corrected chi connectivity index (χ1v) is 6.42. The number of rotatable bonds is 5. The number of thiazole rings is 1. The fraction of sp³-hybridized carbons (Fsp3) is 0.727. The fourth-order valence-electron chi connectivity index (χ4n) is 1.80. The Morgan fingerprint density at radius 3 is 3.33 bits per heavy atom. The molecule has 0 saturated carbocycles. The first-order valence-electron chi connectivity index (χ1n) is 5.54. The van der Waals surface area contributed by atoms with E-state index in [1.807, 2.05) is 7.05 Å². The highest BCUT2D eigenvalue weighted by Gasteiger charge is 2.17. The molecule has 15 heavy (non-hydrogen) atoms. The highest BCUT2D eigenvalue weighted by molar-refractivity contribution is 7.09. The standard InChI is InChI=1S/C11H18N2OS/c1-12-4-2-10-8-15-11(13-10)6-9-3-5-14-7-9/h8-9,12H,2-7H2,1H3. The van der Waals surface area contributed by atoms with Crippen LogP contribution < -0.4 is 5.32 Å². The van der Waals surface area contributed by atoms with Crippen LogP contribution in [0.5, 0.6) is 0 Å². The van der Waals surface area contributed by atoms with Crippen LogP contribution in [-0.4, -0.2) is 31.8 Å². The lowest BCUT2D eigenvalue weighted by Gasteiger charge is -2.02. The Bertz CT molecular complexity index is 295. The highest BCUT2D eigenvalue weighted by Crippen LogP contribution is 2.20. The molecular formula is C11H18N2OS. The van der Waals surface area contributed by atoms with E-state index in [1.165, 1.54) is 17.1 Å². The molecule has 1 fully saturated rings. The minimum absolute atomic E-state index is 0.702. The van der Waals surface area contributed by atoms with Gasteiger partial charge in [-0.1, -0.05) is 0 Å². The van der Waals surface area contributed by atoms with Crippen molar-refractivity contribution in [2.24, 2.45) is 5.92 Å². The molecule has 1 aromatic heterocycles. The lowest BCUT2D eigenvalue weighted by Crippen LogP contribution is -2.10. The molecule has 1 aromatic rings. The Labute approximate surface area is 94.9 Å². The molecule has 2 heterocycles. The highest BCUT2D eigenvalue weighted by atomic mass is 32.1. The number of hydrogen-bond donors (Lipinski definition) is 1. The van der Waals surface area contributed by atoms with E-state index in [-0.39, 0.29) is 0 Å². The molecule has 0 spiro atoms. The maximum Gasteiger partial charge on any atom is 0.0931 e. The zero-order valence-electron chi connectivity index (χ0n) is 9.16. The van der Waals surface area contributed by atoms with Crippen molar-refractivity contribution in [3.05, 3.63) is 16.1 Å². The van der Waals surface area contributed by atoms with Crippen LogP contribution in [0, 0.1) is 5.92 Å². The van der Waals surface area contributed by atoms with Crippen LogP contribution in [-0.2, 0) is 17.6 Å². The lowest BCUT2D eigenvalue weighted by atomic mass is 10.1. The van der Waals surface area contributed by atoms with Crippen LogP contribution in [0.3, 0.4) is 0 Å². The van der Waals surface area contributed by atoms with Crippen molar-refractivity contribution in [1.82, 2.24) is 10.3 Å². The largest absolute Gasteiger partial charge is 0.381 e. The third-order valence-electron chi connectivity index (χ3n) is 2.72. The van der Waals surface area contributed by atoms with E-state index < -0.39 is 0 Å². The van der Waals surface area contributed by atoms with Crippen molar-refractivity contribution < 1.29 is 4.74 Å². The van der Waals surface area contributed by atoms with E-state index in [0.29, 0.717) is 5.92 Å². The molecule has 2 rings (SSSR count). The molecule has 1 unspecified atom stereocenters. The summed E-state index contributed by atoms with van der Waals surface area (Å²) in [6.45, 7) is 2.86. The zero-order chi connectivity index (χ0) is 10.5. The number of hydrogen-bond acceptors (Lipinski definition) is 4. The van der Waals surface area contributed by atoms with Gasteiger partial charge in [0.05, 0.1) is 10.7 Å². The van der Waals surface area contributed by atoms with Gasteiger partial charge in [0.25, 0.3) is 0 Å². The molecule has 0 aromatic carbocycles. The van der Waals surface area contributed by atoms with E-state index in [2.05, 4.69) is 15.7 Å². The minimum Gasteiger partial charge on any atom is -0.381 e. The van der Waals surface area contributed by atoms with Crippen molar-refractivity contribution in [1.29, 1.82) is 0 Å². The molecule has 0 bridgehead atoms. The Morgan fingerprint density at radius 2 is 2.60 bits per heavy atom. The monoisotopic (exact) mass is 226 g/mol. The molecule has 1 saturated heterocycles. The Hall–Kier alpha value is -0.450. The van der Waals surface area contributed by atoms with Gasteiger partial charge in [0, 0.05) is 38.0 Å². The molecule has 1 aliphatic heterocycles. The predicted octanol–water partition coefficient (Wildman–Crippen LogP) is 1.48. The third-order valence-corrected chi connectivity index (χ3v) is 3.64. The van der Waals surface area contributed by atoms with Gasteiger partial charge in [-0.15, -0.1) is 11.3 Å². The Kier molecular flexibility index (Phi) is 4.11. The van der Waals surface area contributed by atoms with Crippen LogP contribution in [0.1, 0.15) is 17.1 Å². The molecule has 0 radical (unpaired) electrons.